The third-order valence-corrected chi connectivity index (χ3v) is 5.27. The normalized spacial score (nSPS) is 13.6. The number of benzene rings is 1. The fourth-order valence-electron chi connectivity index (χ4n) is 3.60. The van der Waals surface area contributed by atoms with E-state index in [1.165, 1.54) is 0 Å². The fourth-order valence-corrected chi connectivity index (χ4v) is 3.60. The summed E-state index contributed by atoms with van der Waals surface area (Å²) in [4.78, 5) is 63.7. The molecule has 190 valence electrons. The quantitative estimate of drug-likeness (QED) is 0.199. The Morgan fingerprint density at radius 1 is 0.943 bits per heavy atom. The number of rotatable bonds is 13. The molecule has 0 aliphatic heterocycles. The van der Waals surface area contributed by atoms with Gasteiger partial charge in [-0.3, -0.25) is 19.2 Å². The summed E-state index contributed by atoms with van der Waals surface area (Å²) in [5.74, 6) is -5.10. The number of H-pyrrole nitrogens is 1. The number of carboxylic acids is 2. The lowest BCUT2D eigenvalue weighted by molar-refractivity contribution is -0.144. The maximum atomic E-state index is 13.1. The lowest BCUT2D eigenvalue weighted by Crippen LogP contribution is -2.57. The Hall–Kier alpha value is -3.93. The summed E-state index contributed by atoms with van der Waals surface area (Å²) in [6.07, 6.45) is 1.05. The van der Waals surface area contributed by atoms with Gasteiger partial charge in [-0.15, -0.1) is 0 Å². The summed E-state index contributed by atoms with van der Waals surface area (Å²) in [7, 11) is 0. The molecule has 0 spiro atoms. The topological polar surface area (TPSA) is 204 Å². The van der Waals surface area contributed by atoms with Gasteiger partial charge in [0.15, 0.2) is 0 Å². The lowest BCUT2D eigenvalue weighted by atomic mass is 10.0. The smallest absolute Gasteiger partial charge is 0.326 e. The van der Waals surface area contributed by atoms with Crippen LogP contribution in [0.3, 0.4) is 0 Å². The van der Waals surface area contributed by atoms with Crippen LogP contribution in [0.5, 0.6) is 0 Å². The highest BCUT2D eigenvalue weighted by molar-refractivity contribution is 5.95. The zero-order chi connectivity index (χ0) is 26.1. The van der Waals surface area contributed by atoms with Crippen LogP contribution in [-0.4, -0.2) is 69.5 Å². The first-order valence-corrected chi connectivity index (χ1v) is 11.1. The summed E-state index contributed by atoms with van der Waals surface area (Å²) < 4.78 is 0. The molecule has 0 fully saturated rings. The Bertz CT molecular complexity index is 1080. The number of nitrogens with one attached hydrogen (secondary N) is 4. The second kappa shape index (κ2) is 12.5. The summed E-state index contributed by atoms with van der Waals surface area (Å²) in [5, 5.41) is 26.6. The number of hydrogen-bond donors (Lipinski definition) is 7. The van der Waals surface area contributed by atoms with Crippen molar-refractivity contribution >= 4 is 40.6 Å². The molecule has 35 heavy (non-hydrogen) atoms. The van der Waals surface area contributed by atoms with Crippen LogP contribution in [0.25, 0.3) is 10.9 Å². The van der Waals surface area contributed by atoms with Crippen LogP contribution in [-0.2, 0) is 30.4 Å². The van der Waals surface area contributed by atoms with E-state index >= 15 is 0 Å². The van der Waals surface area contributed by atoms with Crippen LogP contribution < -0.4 is 21.7 Å². The average molecular weight is 490 g/mol. The molecule has 0 bridgehead atoms. The molecule has 0 aliphatic carbocycles. The predicted octanol–water partition coefficient (Wildman–Crippen LogP) is -0.271. The van der Waals surface area contributed by atoms with Gasteiger partial charge in [0.05, 0.1) is 13.0 Å². The van der Waals surface area contributed by atoms with Crippen molar-refractivity contribution in [2.24, 2.45) is 11.7 Å². The molecule has 3 amide bonds. The van der Waals surface area contributed by atoms with Crippen molar-refractivity contribution in [2.45, 2.75) is 51.2 Å². The minimum atomic E-state index is -1.56. The van der Waals surface area contributed by atoms with Crippen LogP contribution in [0.2, 0.25) is 0 Å². The van der Waals surface area contributed by atoms with Crippen LogP contribution in [0.15, 0.2) is 30.5 Å². The van der Waals surface area contributed by atoms with Gasteiger partial charge in [0, 0.05) is 23.5 Å². The summed E-state index contributed by atoms with van der Waals surface area (Å²) >= 11 is 0. The van der Waals surface area contributed by atoms with E-state index in [0.717, 1.165) is 10.9 Å². The van der Waals surface area contributed by atoms with Gasteiger partial charge < -0.3 is 36.9 Å². The highest BCUT2D eigenvalue weighted by Crippen LogP contribution is 2.19. The third-order valence-electron chi connectivity index (χ3n) is 5.27. The largest absolute Gasteiger partial charge is 0.481 e. The molecule has 2 rings (SSSR count). The van der Waals surface area contributed by atoms with E-state index < -0.39 is 54.2 Å². The molecular weight excluding hydrogens is 458 g/mol. The second-order valence-electron chi connectivity index (χ2n) is 8.58. The van der Waals surface area contributed by atoms with Gasteiger partial charge in [0.25, 0.3) is 0 Å². The van der Waals surface area contributed by atoms with Crippen molar-refractivity contribution in [3.63, 3.8) is 0 Å². The van der Waals surface area contributed by atoms with E-state index in [0.29, 0.717) is 5.56 Å². The average Bonchev–Trinajstić information content (AvgIpc) is 3.19. The maximum Gasteiger partial charge on any atom is 0.326 e. The van der Waals surface area contributed by atoms with Crippen molar-refractivity contribution in [1.82, 2.24) is 20.9 Å². The number of hydrogen-bond acceptors (Lipinski definition) is 6. The first kappa shape index (κ1) is 27.3. The molecule has 1 aromatic heterocycles. The second-order valence-corrected chi connectivity index (χ2v) is 8.58. The number of aliphatic carboxylic acids is 2. The summed E-state index contributed by atoms with van der Waals surface area (Å²) in [6, 6.07) is 3.35. The molecule has 0 radical (unpaired) electrons. The fraction of sp³-hybridized carbons (Fsp3) is 0.435. The SMILES string of the molecule is CC(C)CC(NC(=O)C(CC(=O)O)NC(=O)C(Cc1c[nH]c2ccccc12)NC(=O)CN)C(=O)O. The van der Waals surface area contributed by atoms with Crippen LogP contribution >= 0.6 is 0 Å². The maximum absolute atomic E-state index is 13.1. The Labute approximate surface area is 201 Å². The van der Waals surface area contributed by atoms with Gasteiger partial charge in [-0.05, 0) is 24.0 Å². The van der Waals surface area contributed by atoms with E-state index in [9.17, 15) is 34.2 Å². The summed E-state index contributed by atoms with van der Waals surface area (Å²) in [6.45, 7) is 3.16. The molecule has 12 nitrogen and oxygen atoms in total. The molecule has 8 N–H and O–H groups in total. The number of amides is 3. The van der Waals surface area contributed by atoms with E-state index in [-0.39, 0.29) is 25.3 Å². The van der Waals surface area contributed by atoms with Gasteiger partial charge >= 0.3 is 11.9 Å². The van der Waals surface area contributed by atoms with Crippen LogP contribution in [0.1, 0.15) is 32.3 Å². The molecule has 12 heteroatoms. The van der Waals surface area contributed by atoms with E-state index in [4.69, 9.17) is 5.73 Å². The molecule has 0 saturated carbocycles. The Kier molecular flexibility index (Phi) is 9.76. The lowest BCUT2D eigenvalue weighted by Gasteiger charge is -2.24. The van der Waals surface area contributed by atoms with E-state index in [1.807, 2.05) is 24.3 Å². The monoisotopic (exact) mass is 489 g/mol. The number of carboxylic acid groups (broad SMARTS) is 2. The number of nitrogens with two attached hydrogens (primary N) is 1. The highest BCUT2D eigenvalue weighted by Gasteiger charge is 2.31. The van der Waals surface area contributed by atoms with E-state index in [2.05, 4.69) is 20.9 Å². The predicted molar refractivity (Wildman–Crippen MR) is 126 cm³/mol. The standard InChI is InChI=1S/C23H31N5O7/c1-12(2)7-18(23(34)35)28-22(33)17(9-20(30)31)27-21(32)16(26-19(29)10-24)8-13-11-25-15-6-4-3-5-14(13)15/h3-6,11-12,16-18,25H,7-10,24H2,1-2H3,(H,26,29)(H,27,32)(H,28,33)(H,30,31)(H,34,35). The summed E-state index contributed by atoms with van der Waals surface area (Å²) in [5.41, 5.74) is 6.90. The molecule has 1 heterocycles. The van der Waals surface area contributed by atoms with Crippen LogP contribution in [0, 0.1) is 5.92 Å². The number of fused-ring (bicyclic) bond motifs is 1. The van der Waals surface area contributed by atoms with Crippen molar-refractivity contribution in [1.29, 1.82) is 0 Å². The van der Waals surface area contributed by atoms with Crippen molar-refractivity contribution < 1.29 is 34.2 Å². The van der Waals surface area contributed by atoms with Crippen molar-refractivity contribution in [3.05, 3.63) is 36.0 Å². The van der Waals surface area contributed by atoms with Gasteiger partial charge in [0.2, 0.25) is 17.7 Å². The molecule has 3 atom stereocenters. The number of aromatic amines is 1. The zero-order valence-corrected chi connectivity index (χ0v) is 19.5. The molecule has 2 aromatic rings. The molecule has 1 aromatic carbocycles. The van der Waals surface area contributed by atoms with E-state index in [1.54, 1.807) is 20.0 Å². The number of para-hydroxylation sites is 1. The molecule has 0 saturated heterocycles. The third kappa shape index (κ3) is 8.10. The zero-order valence-electron chi connectivity index (χ0n) is 19.5. The van der Waals surface area contributed by atoms with Crippen LogP contribution in [0.4, 0.5) is 0 Å². The minimum Gasteiger partial charge on any atom is -0.481 e. The highest BCUT2D eigenvalue weighted by atomic mass is 16.4. The van der Waals surface area contributed by atoms with Gasteiger partial charge in [-0.1, -0.05) is 32.0 Å². The van der Waals surface area contributed by atoms with Gasteiger partial charge in [-0.2, -0.15) is 0 Å². The number of carbonyl (C=O) groups excluding carboxylic acids is 3. The molecule has 3 unspecified atom stereocenters. The number of carbonyl (C=O) groups is 5. The Morgan fingerprint density at radius 3 is 2.17 bits per heavy atom. The Morgan fingerprint density at radius 2 is 1.57 bits per heavy atom. The minimum absolute atomic E-state index is 0.0358. The number of aromatic nitrogens is 1. The first-order chi connectivity index (χ1) is 16.5. The Balaban J connectivity index is 2.24. The van der Waals surface area contributed by atoms with Crippen molar-refractivity contribution in [2.75, 3.05) is 6.54 Å². The van der Waals surface area contributed by atoms with Crippen molar-refractivity contribution in [3.8, 4) is 0 Å². The first-order valence-electron chi connectivity index (χ1n) is 11.1. The van der Waals surface area contributed by atoms with Gasteiger partial charge in [0.1, 0.15) is 18.1 Å². The van der Waals surface area contributed by atoms with Gasteiger partial charge in [-0.25, -0.2) is 4.79 Å². The molecular formula is C23H31N5O7. The molecule has 0 aliphatic rings.